The molecule has 1 aromatic carbocycles. The number of anilines is 4. The molecule has 3 aromatic rings. The highest BCUT2D eigenvalue weighted by Gasteiger charge is 2.25. The number of aromatic amines is 1. The fraction of sp³-hybridized carbons (Fsp3) is 0.188. The topological polar surface area (TPSA) is 139 Å². The van der Waals surface area contributed by atoms with Crippen LogP contribution in [0.15, 0.2) is 47.5 Å². The van der Waals surface area contributed by atoms with Gasteiger partial charge in [-0.15, -0.1) is 0 Å². The van der Waals surface area contributed by atoms with Crippen LogP contribution in [0, 0.1) is 0 Å². The summed E-state index contributed by atoms with van der Waals surface area (Å²) in [6, 6.07) is 9.97. The lowest BCUT2D eigenvalue weighted by molar-refractivity contribution is 0.598. The Balaban J connectivity index is 1.54. The molecule has 0 bridgehead atoms. The molecular formula is C16H17N7O2S. The summed E-state index contributed by atoms with van der Waals surface area (Å²) in [5.41, 5.74) is 1.42. The van der Waals surface area contributed by atoms with E-state index in [1.165, 1.54) is 18.9 Å². The Morgan fingerprint density at radius 3 is 2.69 bits per heavy atom. The van der Waals surface area contributed by atoms with Crippen LogP contribution < -0.4 is 15.8 Å². The van der Waals surface area contributed by atoms with E-state index in [2.05, 4.69) is 30.8 Å². The monoisotopic (exact) mass is 371 g/mol. The first kappa shape index (κ1) is 16.5. The van der Waals surface area contributed by atoms with Crippen LogP contribution in [0.2, 0.25) is 0 Å². The standard InChI is InChI=1S/C16H17N7O2S/c17-26(24,25)13-4-2-1-3-11(13)19-16-18-8-7-14(21-16)20-15-9-12(22-23-15)10-5-6-10/h1-4,7-10H,5-6H2,(H2,17,24,25)(H3,18,19,20,21,22,23). The molecule has 5 N–H and O–H groups in total. The van der Waals surface area contributed by atoms with Crippen molar-refractivity contribution in [2.45, 2.75) is 23.7 Å². The summed E-state index contributed by atoms with van der Waals surface area (Å²) in [4.78, 5) is 8.43. The zero-order chi connectivity index (χ0) is 18.1. The van der Waals surface area contributed by atoms with Crippen molar-refractivity contribution in [1.82, 2.24) is 20.2 Å². The van der Waals surface area contributed by atoms with Gasteiger partial charge in [-0.2, -0.15) is 10.1 Å². The summed E-state index contributed by atoms with van der Waals surface area (Å²) in [5, 5.41) is 18.5. The predicted molar refractivity (Wildman–Crippen MR) is 97.0 cm³/mol. The molecule has 1 saturated carbocycles. The van der Waals surface area contributed by atoms with Crippen LogP contribution in [-0.2, 0) is 10.0 Å². The van der Waals surface area contributed by atoms with Gasteiger partial charge in [-0.3, -0.25) is 5.10 Å². The SMILES string of the molecule is NS(=O)(=O)c1ccccc1Nc1nccc(Nc2cc(C3CC3)[nH]n2)n1. The van der Waals surface area contributed by atoms with Crippen molar-refractivity contribution in [3.05, 3.63) is 48.3 Å². The first-order valence-electron chi connectivity index (χ1n) is 8.03. The number of sulfonamides is 1. The third kappa shape index (κ3) is 3.65. The van der Waals surface area contributed by atoms with Crippen LogP contribution in [0.4, 0.5) is 23.3 Å². The number of H-pyrrole nitrogens is 1. The van der Waals surface area contributed by atoms with Gasteiger partial charge in [0, 0.05) is 23.9 Å². The van der Waals surface area contributed by atoms with Gasteiger partial charge in [-0.25, -0.2) is 18.5 Å². The van der Waals surface area contributed by atoms with Crippen molar-refractivity contribution in [3.63, 3.8) is 0 Å². The van der Waals surface area contributed by atoms with Gasteiger partial charge in [-0.1, -0.05) is 12.1 Å². The summed E-state index contributed by atoms with van der Waals surface area (Å²) < 4.78 is 23.4. The van der Waals surface area contributed by atoms with Crippen molar-refractivity contribution in [2.24, 2.45) is 5.14 Å². The zero-order valence-electron chi connectivity index (χ0n) is 13.7. The molecule has 9 nitrogen and oxygen atoms in total. The molecule has 134 valence electrons. The van der Waals surface area contributed by atoms with E-state index in [4.69, 9.17) is 5.14 Å². The average Bonchev–Trinajstić information content (AvgIpc) is 3.35. The number of nitrogens with one attached hydrogen (secondary N) is 3. The molecule has 10 heteroatoms. The van der Waals surface area contributed by atoms with Crippen molar-refractivity contribution in [2.75, 3.05) is 10.6 Å². The van der Waals surface area contributed by atoms with Crippen LogP contribution in [0.25, 0.3) is 0 Å². The van der Waals surface area contributed by atoms with Gasteiger partial charge < -0.3 is 10.6 Å². The maximum absolute atomic E-state index is 11.7. The van der Waals surface area contributed by atoms with E-state index in [0.717, 1.165) is 5.69 Å². The van der Waals surface area contributed by atoms with Crippen molar-refractivity contribution >= 4 is 33.3 Å². The zero-order valence-corrected chi connectivity index (χ0v) is 14.5. The molecule has 2 heterocycles. The molecule has 2 aromatic heterocycles. The number of rotatable bonds is 6. The van der Waals surface area contributed by atoms with Gasteiger partial charge in [0.25, 0.3) is 0 Å². The maximum atomic E-state index is 11.7. The number of hydrogen-bond donors (Lipinski definition) is 4. The van der Waals surface area contributed by atoms with Crippen molar-refractivity contribution in [3.8, 4) is 0 Å². The Morgan fingerprint density at radius 1 is 1.12 bits per heavy atom. The number of hydrogen-bond acceptors (Lipinski definition) is 7. The van der Waals surface area contributed by atoms with Gasteiger partial charge in [-0.05, 0) is 31.0 Å². The summed E-state index contributed by atoms with van der Waals surface area (Å²) in [7, 11) is -3.86. The quantitative estimate of drug-likeness (QED) is 0.521. The second-order valence-electron chi connectivity index (χ2n) is 6.04. The van der Waals surface area contributed by atoms with Crippen LogP contribution >= 0.6 is 0 Å². The van der Waals surface area contributed by atoms with Gasteiger partial charge in [0.2, 0.25) is 16.0 Å². The number of nitrogens with two attached hydrogens (primary N) is 1. The van der Waals surface area contributed by atoms with E-state index in [1.54, 1.807) is 30.5 Å². The molecule has 0 spiro atoms. The Kier molecular flexibility index (Phi) is 4.05. The van der Waals surface area contributed by atoms with Gasteiger partial charge in [0.05, 0.1) is 5.69 Å². The van der Waals surface area contributed by atoms with Crippen LogP contribution in [0.1, 0.15) is 24.5 Å². The smallest absolute Gasteiger partial charge is 0.240 e. The molecule has 0 amide bonds. The summed E-state index contributed by atoms with van der Waals surface area (Å²) in [6.07, 6.45) is 3.94. The summed E-state index contributed by atoms with van der Waals surface area (Å²) in [5.74, 6) is 2.02. The number of aromatic nitrogens is 4. The maximum Gasteiger partial charge on any atom is 0.240 e. The highest BCUT2D eigenvalue weighted by Crippen LogP contribution is 2.39. The van der Waals surface area contributed by atoms with Crippen LogP contribution in [0.5, 0.6) is 0 Å². The third-order valence-corrected chi connectivity index (χ3v) is 4.94. The molecular weight excluding hydrogens is 354 g/mol. The Hall–Kier alpha value is -2.98. The molecule has 0 radical (unpaired) electrons. The second-order valence-corrected chi connectivity index (χ2v) is 7.57. The summed E-state index contributed by atoms with van der Waals surface area (Å²) in [6.45, 7) is 0. The van der Waals surface area contributed by atoms with Gasteiger partial charge >= 0.3 is 0 Å². The predicted octanol–water partition coefficient (Wildman–Crippen LogP) is 2.21. The Bertz CT molecular complexity index is 1040. The van der Waals surface area contributed by atoms with Crippen LogP contribution in [-0.4, -0.2) is 28.6 Å². The molecule has 4 rings (SSSR count). The molecule has 1 aliphatic carbocycles. The highest BCUT2D eigenvalue weighted by molar-refractivity contribution is 7.89. The van der Waals surface area contributed by atoms with E-state index in [-0.39, 0.29) is 10.8 Å². The lowest BCUT2D eigenvalue weighted by Gasteiger charge is -2.10. The molecule has 0 atom stereocenters. The van der Waals surface area contributed by atoms with Crippen molar-refractivity contribution < 1.29 is 8.42 Å². The van der Waals surface area contributed by atoms with E-state index < -0.39 is 10.0 Å². The number of benzene rings is 1. The summed E-state index contributed by atoms with van der Waals surface area (Å²) >= 11 is 0. The lowest BCUT2D eigenvalue weighted by atomic mass is 10.3. The largest absolute Gasteiger partial charge is 0.323 e. The van der Waals surface area contributed by atoms with Crippen LogP contribution in [0.3, 0.4) is 0 Å². The minimum absolute atomic E-state index is 0.0247. The van der Waals surface area contributed by atoms with Crippen molar-refractivity contribution in [1.29, 1.82) is 0 Å². The fourth-order valence-electron chi connectivity index (χ4n) is 2.56. The molecule has 1 aliphatic rings. The number of para-hydroxylation sites is 1. The number of nitrogens with zero attached hydrogens (tertiary/aromatic N) is 3. The average molecular weight is 371 g/mol. The minimum Gasteiger partial charge on any atom is -0.323 e. The van der Waals surface area contributed by atoms with E-state index >= 15 is 0 Å². The fourth-order valence-corrected chi connectivity index (χ4v) is 3.26. The lowest BCUT2D eigenvalue weighted by Crippen LogP contribution is -2.14. The van der Waals surface area contributed by atoms with E-state index in [0.29, 0.717) is 23.2 Å². The first-order chi connectivity index (χ1) is 12.5. The molecule has 0 unspecified atom stereocenters. The molecule has 26 heavy (non-hydrogen) atoms. The molecule has 1 fully saturated rings. The van der Waals surface area contributed by atoms with E-state index in [1.807, 2.05) is 6.07 Å². The molecule has 0 saturated heterocycles. The van der Waals surface area contributed by atoms with Gasteiger partial charge in [0.15, 0.2) is 5.82 Å². The van der Waals surface area contributed by atoms with Gasteiger partial charge in [0.1, 0.15) is 10.7 Å². The van der Waals surface area contributed by atoms with E-state index in [9.17, 15) is 8.42 Å². The normalized spacial score (nSPS) is 14.2. The third-order valence-electron chi connectivity index (χ3n) is 3.97. The Morgan fingerprint density at radius 2 is 1.92 bits per heavy atom. The minimum atomic E-state index is -3.86. The number of primary sulfonamides is 1. The first-order valence-corrected chi connectivity index (χ1v) is 9.58. The highest BCUT2D eigenvalue weighted by atomic mass is 32.2. The Labute approximate surface area is 150 Å². The second kappa shape index (κ2) is 6.39. The molecule has 0 aliphatic heterocycles.